The highest BCUT2D eigenvalue weighted by Crippen LogP contribution is 2.31. The topological polar surface area (TPSA) is 46.8 Å². The number of fused-ring (bicyclic) bond motifs is 1. The Bertz CT molecular complexity index is 940. The summed E-state index contributed by atoms with van der Waals surface area (Å²) in [6.07, 6.45) is 5.34. The second-order valence-electron chi connectivity index (χ2n) is 6.94. The highest BCUT2D eigenvalue weighted by Gasteiger charge is 2.25. The van der Waals surface area contributed by atoms with Crippen LogP contribution in [0.5, 0.6) is 0 Å². The Morgan fingerprint density at radius 1 is 1.15 bits per heavy atom. The van der Waals surface area contributed by atoms with E-state index in [2.05, 4.69) is 23.8 Å². The third kappa shape index (κ3) is 3.87. The number of allylic oxidation sites excluding steroid dienone is 1. The third-order valence-corrected chi connectivity index (χ3v) is 5.22. The maximum atomic E-state index is 12.3. The van der Waals surface area contributed by atoms with Gasteiger partial charge in [0.25, 0.3) is 0 Å². The second kappa shape index (κ2) is 7.66. The molecule has 2 aromatic heterocycles. The summed E-state index contributed by atoms with van der Waals surface area (Å²) in [5.41, 5.74) is 4.35. The number of carbonyl (C=O) groups excluding carboxylic acids is 1. The number of hydrogen-bond donors (Lipinski definition) is 0. The molecule has 0 spiro atoms. The zero-order valence-electron chi connectivity index (χ0n) is 15.3. The summed E-state index contributed by atoms with van der Waals surface area (Å²) in [4.78, 5) is 14.1. The molecule has 3 aromatic rings. The van der Waals surface area contributed by atoms with E-state index in [1.807, 2.05) is 47.1 Å². The van der Waals surface area contributed by atoms with Gasteiger partial charge in [-0.25, -0.2) is 9.31 Å². The molecule has 1 amide bonds. The van der Waals surface area contributed by atoms with Gasteiger partial charge in [0.15, 0.2) is 0 Å². The largest absolute Gasteiger partial charge is 0.445 e. The minimum absolute atomic E-state index is 0.233. The maximum Gasteiger partial charge on any atom is 0.410 e. The van der Waals surface area contributed by atoms with Gasteiger partial charge in [-0.3, -0.25) is 0 Å². The first-order valence-corrected chi connectivity index (χ1v) is 9.29. The molecule has 0 atom stereocenters. The van der Waals surface area contributed by atoms with Crippen molar-refractivity contribution in [3.05, 3.63) is 78.6 Å². The molecule has 0 aliphatic carbocycles. The minimum atomic E-state index is -0.233. The summed E-state index contributed by atoms with van der Waals surface area (Å²) >= 11 is 0. The molecule has 1 aromatic carbocycles. The predicted molar refractivity (Wildman–Crippen MR) is 105 cm³/mol. The molecule has 138 valence electrons. The first-order valence-electron chi connectivity index (χ1n) is 9.29. The molecule has 0 unspecified atom stereocenters. The lowest BCUT2D eigenvalue weighted by atomic mass is 9.86. The fraction of sp³-hybridized carbons (Fsp3) is 0.273. The molecule has 5 heteroatoms. The van der Waals surface area contributed by atoms with E-state index >= 15 is 0 Å². The lowest BCUT2D eigenvalue weighted by Crippen LogP contribution is -2.38. The summed E-state index contributed by atoms with van der Waals surface area (Å²) in [5.74, 6) is 0.383. The van der Waals surface area contributed by atoms with Gasteiger partial charge in [0.2, 0.25) is 0 Å². The molecule has 1 aliphatic rings. The van der Waals surface area contributed by atoms with Crippen LogP contribution in [-0.2, 0) is 11.3 Å². The van der Waals surface area contributed by atoms with E-state index in [-0.39, 0.29) is 6.09 Å². The molecule has 0 saturated carbocycles. The number of hydrogen-bond acceptors (Lipinski definition) is 3. The van der Waals surface area contributed by atoms with Crippen molar-refractivity contribution in [2.24, 2.45) is 5.92 Å². The lowest BCUT2D eigenvalue weighted by molar-refractivity contribution is 0.0860. The summed E-state index contributed by atoms with van der Waals surface area (Å²) in [7, 11) is 0. The van der Waals surface area contributed by atoms with Gasteiger partial charge in [0.05, 0.1) is 5.52 Å². The van der Waals surface area contributed by atoms with Crippen molar-refractivity contribution < 1.29 is 9.53 Å². The van der Waals surface area contributed by atoms with Crippen LogP contribution < -0.4 is 0 Å². The van der Waals surface area contributed by atoms with Crippen molar-refractivity contribution in [3.8, 4) is 0 Å². The number of likely N-dealkylation sites (tertiary alicyclic amines) is 1. The molecule has 0 N–H and O–H groups in total. The highest BCUT2D eigenvalue weighted by atomic mass is 16.6. The van der Waals surface area contributed by atoms with Crippen LogP contribution in [0, 0.1) is 5.92 Å². The maximum absolute atomic E-state index is 12.3. The van der Waals surface area contributed by atoms with Crippen LogP contribution in [0.3, 0.4) is 0 Å². The molecule has 1 aliphatic heterocycles. The number of nitrogens with zero attached hydrogens (tertiary/aromatic N) is 3. The molecule has 3 heterocycles. The van der Waals surface area contributed by atoms with Gasteiger partial charge in [-0.2, -0.15) is 5.10 Å². The van der Waals surface area contributed by atoms with Crippen LogP contribution in [0.1, 0.15) is 24.0 Å². The third-order valence-electron chi connectivity index (χ3n) is 5.22. The molecule has 0 bridgehead atoms. The van der Waals surface area contributed by atoms with Gasteiger partial charge < -0.3 is 9.64 Å². The Morgan fingerprint density at radius 2 is 1.93 bits per heavy atom. The Balaban J connectivity index is 1.31. The number of rotatable bonds is 4. The molecule has 1 saturated heterocycles. The van der Waals surface area contributed by atoms with Gasteiger partial charge in [-0.05, 0) is 53.7 Å². The average molecular weight is 361 g/mol. The Labute approximate surface area is 158 Å². The fourth-order valence-electron chi connectivity index (χ4n) is 3.58. The molecule has 4 rings (SSSR count). The zero-order valence-corrected chi connectivity index (χ0v) is 15.3. The number of aromatic nitrogens is 2. The van der Waals surface area contributed by atoms with Gasteiger partial charge in [0, 0.05) is 25.5 Å². The van der Waals surface area contributed by atoms with Crippen LogP contribution in [0.15, 0.2) is 67.5 Å². The number of benzene rings is 1. The van der Waals surface area contributed by atoms with Crippen LogP contribution in [0.4, 0.5) is 4.79 Å². The van der Waals surface area contributed by atoms with Gasteiger partial charge in [0.1, 0.15) is 6.61 Å². The Hall–Kier alpha value is -3.08. The molecule has 0 radical (unpaired) electrons. The summed E-state index contributed by atoms with van der Waals surface area (Å²) < 4.78 is 7.29. The van der Waals surface area contributed by atoms with Crippen molar-refractivity contribution in [2.45, 2.75) is 19.4 Å². The summed E-state index contributed by atoms with van der Waals surface area (Å²) in [5, 5.41) is 4.23. The van der Waals surface area contributed by atoms with E-state index in [1.54, 1.807) is 11.1 Å². The smallest absolute Gasteiger partial charge is 0.410 e. The minimum Gasteiger partial charge on any atom is -0.445 e. The van der Waals surface area contributed by atoms with Crippen LogP contribution >= 0.6 is 0 Å². The van der Waals surface area contributed by atoms with E-state index < -0.39 is 0 Å². The Morgan fingerprint density at radius 3 is 2.70 bits per heavy atom. The Kier molecular flexibility index (Phi) is 4.92. The van der Waals surface area contributed by atoms with Crippen molar-refractivity contribution in [1.29, 1.82) is 0 Å². The monoisotopic (exact) mass is 361 g/mol. The number of piperidine rings is 1. The van der Waals surface area contributed by atoms with E-state index in [4.69, 9.17) is 4.74 Å². The van der Waals surface area contributed by atoms with Crippen LogP contribution in [0.2, 0.25) is 0 Å². The number of ether oxygens (including phenoxy) is 1. The van der Waals surface area contributed by atoms with Gasteiger partial charge >= 0.3 is 6.09 Å². The predicted octanol–water partition coefficient (Wildman–Crippen LogP) is 4.40. The van der Waals surface area contributed by atoms with Crippen molar-refractivity contribution >= 4 is 17.2 Å². The standard InChI is InChI=1S/C22H23N3O2/c1-17(20-10-14-25-21(15-20)7-11-23-25)19-8-12-24(13-9-19)22(26)27-16-18-5-3-2-4-6-18/h2-7,10-11,14-15,19H,1,8-9,12-13,16H2. The van der Waals surface area contributed by atoms with Crippen molar-refractivity contribution in [3.63, 3.8) is 0 Å². The number of pyridine rings is 1. The van der Waals surface area contributed by atoms with E-state index in [0.717, 1.165) is 35.1 Å². The summed E-state index contributed by atoms with van der Waals surface area (Å²) in [6.45, 7) is 6.04. The van der Waals surface area contributed by atoms with Crippen molar-refractivity contribution in [1.82, 2.24) is 14.5 Å². The highest BCUT2D eigenvalue weighted by molar-refractivity contribution is 5.70. The molecule has 1 fully saturated rings. The summed E-state index contributed by atoms with van der Waals surface area (Å²) in [6, 6.07) is 15.9. The first-order chi connectivity index (χ1) is 13.2. The zero-order chi connectivity index (χ0) is 18.6. The van der Waals surface area contributed by atoms with Gasteiger partial charge in [-0.1, -0.05) is 36.9 Å². The first kappa shape index (κ1) is 17.3. The molecule has 27 heavy (non-hydrogen) atoms. The number of carbonyl (C=O) groups is 1. The lowest BCUT2D eigenvalue weighted by Gasteiger charge is -2.32. The molecule has 5 nitrogen and oxygen atoms in total. The van der Waals surface area contributed by atoms with Gasteiger partial charge in [-0.15, -0.1) is 0 Å². The van der Waals surface area contributed by atoms with Crippen molar-refractivity contribution in [2.75, 3.05) is 13.1 Å². The SMILES string of the molecule is C=C(c1ccn2nccc2c1)C1CCN(C(=O)OCc2ccccc2)CC1. The van der Waals surface area contributed by atoms with Crippen LogP contribution in [-0.4, -0.2) is 33.7 Å². The average Bonchev–Trinajstić information content (AvgIpc) is 3.20. The normalized spacial score (nSPS) is 15.0. The molecular weight excluding hydrogens is 338 g/mol. The van der Waals surface area contributed by atoms with E-state index in [0.29, 0.717) is 25.6 Å². The van der Waals surface area contributed by atoms with E-state index in [1.165, 1.54) is 0 Å². The quantitative estimate of drug-likeness (QED) is 0.692. The van der Waals surface area contributed by atoms with Crippen LogP contribution in [0.25, 0.3) is 11.1 Å². The fourth-order valence-corrected chi connectivity index (χ4v) is 3.58. The number of amides is 1. The second-order valence-corrected chi connectivity index (χ2v) is 6.94. The molecular formula is C22H23N3O2. The van der Waals surface area contributed by atoms with E-state index in [9.17, 15) is 4.79 Å².